The predicted molar refractivity (Wildman–Crippen MR) is 61.9 cm³/mol. The van der Waals surface area contributed by atoms with E-state index >= 15 is 0 Å². The van der Waals surface area contributed by atoms with Gasteiger partial charge in [0.1, 0.15) is 5.75 Å². The Morgan fingerprint density at radius 3 is 2.60 bits per heavy atom. The molecule has 0 spiro atoms. The molecule has 3 N–H and O–H groups in total. The Morgan fingerprint density at radius 2 is 2.00 bits per heavy atom. The molecule has 0 fully saturated rings. The van der Waals surface area contributed by atoms with Crippen molar-refractivity contribution in [2.24, 2.45) is 12.8 Å². The maximum absolute atomic E-state index is 9.90. The smallest absolute Gasteiger partial charge is 0.140 e. The molecule has 2 rings (SSSR count). The van der Waals surface area contributed by atoms with Crippen LogP contribution >= 0.6 is 0 Å². The molecule has 0 saturated carbocycles. The highest BCUT2D eigenvalue weighted by Gasteiger charge is 2.13. The number of aromatic nitrogens is 1. The zero-order chi connectivity index (χ0) is 11.2. The Balaban J connectivity index is 2.97. The van der Waals surface area contributed by atoms with Crippen LogP contribution in [-0.2, 0) is 13.6 Å². The lowest BCUT2D eigenvalue weighted by molar-refractivity contribution is 0.478. The number of hydrogen-bond donors (Lipinski definition) is 2. The fraction of sp³-hybridized carbons (Fsp3) is 0.333. The van der Waals surface area contributed by atoms with E-state index < -0.39 is 0 Å². The van der Waals surface area contributed by atoms with Crippen molar-refractivity contribution in [1.82, 2.24) is 4.57 Å². The maximum atomic E-state index is 9.90. The highest BCUT2D eigenvalue weighted by molar-refractivity contribution is 5.90. The Labute approximate surface area is 89.1 Å². The molecule has 0 radical (unpaired) electrons. The third-order valence-corrected chi connectivity index (χ3v) is 3.04. The topological polar surface area (TPSA) is 51.2 Å². The second-order valence-corrected chi connectivity index (χ2v) is 4.01. The van der Waals surface area contributed by atoms with E-state index in [0.717, 1.165) is 27.7 Å². The minimum atomic E-state index is 0.329. The largest absolute Gasteiger partial charge is 0.506 e. The van der Waals surface area contributed by atoms with E-state index in [9.17, 15) is 5.11 Å². The first kappa shape index (κ1) is 10.1. The molecule has 15 heavy (non-hydrogen) atoms. The molecule has 0 bridgehead atoms. The summed E-state index contributed by atoms with van der Waals surface area (Å²) in [6.07, 6.45) is 0. The van der Waals surface area contributed by atoms with Crippen LogP contribution in [0.1, 0.15) is 16.8 Å². The number of hydrogen-bond acceptors (Lipinski definition) is 2. The van der Waals surface area contributed by atoms with Crippen molar-refractivity contribution in [1.29, 1.82) is 0 Å². The number of nitrogens with zero attached hydrogens (tertiary/aromatic N) is 1. The summed E-state index contributed by atoms with van der Waals surface area (Å²) in [5.41, 5.74) is 9.90. The molecule has 0 atom stereocenters. The van der Waals surface area contributed by atoms with Crippen LogP contribution in [0.2, 0.25) is 0 Å². The lowest BCUT2D eigenvalue weighted by Gasteiger charge is -2.02. The van der Waals surface area contributed by atoms with Crippen LogP contribution in [0, 0.1) is 13.8 Å². The van der Waals surface area contributed by atoms with E-state index in [1.807, 2.05) is 25.5 Å². The number of fused-ring (bicyclic) bond motifs is 1. The van der Waals surface area contributed by atoms with Crippen LogP contribution in [0.5, 0.6) is 5.75 Å². The van der Waals surface area contributed by atoms with Crippen molar-refractivity contribution in [3.63, 3.8) is 0 Å². The van der Waals surface area contributed by atoms with E-state index in [2.05, 4.69) is 6.07 Å². The third-order valence-electron chi connectivity index (χ3n) is 3.04. The van der Waals surface area contributed by atoms with Crippen molar-refractivity contribution in [3.8, 4) is 5.75 Å². The molecule has 0 saturated heterocycles. The van der Waals surface area contributed by atoms with Crippen molar-refractivity contribution in [2.75, 3.05) is 0 Å². The van der Waals surface area contributed by atoms with E-state index in [4.69, 9.17) is 5.73 Å². The minimum absolute atomic E-state index is 0.329. The second-order valence-electron chi connectivity index (χ2n) is 4.01. The summed E-state index contributed by atoms with van der Waals surface area (Å²) in [5.74, 6) is 0.329. The van der Waals surface area contributed by atoms with E-state index in [-0.39, 0.29) is 0 Å². The summed E-state index contributed by atoms with van der Waals surface area (Å²) < 4.78 is 1.99. The van der Waals surface area contributed by atoms with Gasteiger partial charge >= 0.3 is 0 Å². The van der Waals surface area contributed by atoms with Crippen LogP contribution in [0.15, 0.2) is 12.1 Å². The SMILES string of the molecule is Cc1cc(O)c2c(c1)c(CN)c(C)n2C. The Hall–Kier alpha value is -1.48. The van der Waals surface area contributed by atoms with E-state index in [1.54, 1.807) is 6.07 Å². The molecular formula is C12H16N2O. The Morgan fingerprint density at radius 1 is 1.33 bits per heavy atom. The van der Waals surface area contributed by atoms with Gasteiger partial charge in [-0.05, 0) is 37.1 Å². The normalized spacial score (nSPS) is 11.2. The van der Waals surface area contributed by atoms with Crippen molar-refractivity contribution in [3.05, 3.63) is 29.0 Å². The van der Waals surface area contributed by atoms with E-state index in [0.29, 0.717) is 12.3 Å². The molecule has 1 aromatic carbocycles. The van der Waals surface area contributed by atoms with Gasteiger partial charge in [-0.15, -0.1) is 0 Å². The molecule has 1 heterocycles. The number of nitrogens with two attached hydrogens (primary N) is 1. The molecule has 0 amide bonds. The summed E-state index contributed by atoms with van der Waals surface area (Å²) >= 11 is 0. The molecule has 0 aliphatic carbocycles. The van der Waals surface area contributed by atoms with Gasteiger partial charge in [0.25, 0.3) is 0 Å². The van der Waals surface area contributed by atoms with Crippen LogP contribution in [0.3, 0.4) is 0 Å². The molecular weight excluding hydrogens is 188 g/mol. The summed E-state index contributed by atoms with van der Waals surface area (Å²) in [7, 11) is 1.95. The standard InChI is InChI=1S/C12H16N2O/c1-7-4-9-10(6-13)8(2)14(3)12(9)11(15)5-7/h4-5,15H,6,13H2,1-3H3. The second kappa shape index (κ2) is 3.28. The molecule has 0 aliphatic heterocycles. The summed E-state index contributed by atoms with van der Waals surface area (Å²) in [5, 5.41) is 11.0. The summed E-state index contributed by atoms with van der Waals surface area (Å²) in [4.78, 5) is 0. The van der Waals surface area contributed by atoms with Gasteiger partial charge in [-0.2, -0.15) is 0 Å². The third kappa shape index (κ3) is 1.31. The molecule has 2 aromatic rings. The Kier molecular flexibility index (Phi) is 2.20. The number of phenols is 1. The van der Waals surface area contributed by atoms with Gasteiger partial charge in [0, 0.05) is 24.7 Å². The lowest BCUT2D eigenvalue weighted by atomic mass is 10.1. The molecule has 1 aromatic heterocycles. The molecule has 80 valence electrons. The first-order chi connectivity index (χ1) is 7.06. The van der Waals surface area contributed by atoms with Crippen molar-refractivity contribution >= 4 is 10.9 Å². The van der Waals surface area contributed by atoms with Gasteiger partial charge in [0.05, 0.1) is 5.52 Å². The molecule has 0 unspecified atom stereocenters. The van der Waals surface area contributed by atoms with Crippen LogP contribution in [-0.4, -0.2) is 9.67 Å². The molecule has 3 nitrogen and oxygen atoms in total. The van der Waals surface area contributed by atoms with Gasteiger partial charge in [-0.1, -0.05) is 0 Å². The predicted octanol–water partition coefficient (Wildman–Crippen LogP) is 1.96. The highest BCUT2D eigenvalue weighted by Crippen LogP contribution is 2.32. The average Bonchev–Trinajstić information content (AvgIpc) is 2.39. The fourth-order valence-electron chi connectivity index (χ4n) is 2.16. The summed E-state index contributed by atoms with van der Waals surface area (Å²) in [6, 6.07) is 3.85. The monoisotopic (exact) mass is 204 g/mol. The van der Waals surface area contributed by atoms with Crippen LogP contribution in [0.25, 0.3) is 10.9 Å². The van der Waals surface area contributed by atoms with Gasteiger partial charge in [-0.25, -0.2) is 0 Å². The van der Waals surface area contributed by atoms with Gasteiger partial charge in [0.2, 0.25) is 0 Å². The summed E-state index contributed by atoms with van der Waals surface area (Å²) in [6.45, 7) is 4.50. The van der Waals surface area contributed by atoms with Gasteiger partial charge in [0.15, 0.2) is 0 Å². The van der Waals surface area contributed by atoms with Gasteiger partial charge < -0.3 is 15.4 Å². The van der Waals surface area contributed by atoms with E-state index in [1.165, 1.54) is 0 Å². The van der Waals surface area contributed by atoms with Crippen LogP contribution < -0.4 is 5.73 Å². The first-order valence-corrected chi connectivity index (χ1v) is 5.03. The zero-order valence-corrected chi connectivity index (χ0v) is 9.33. The number of aromatic hydroxyl groups is 1. The first-order valence-electron chi connectivity index (χ1n) is 5.03. The minimum Gasteiger partial charge on any atom is -0.506 e. The number of rotatable bonds is 1. The lowest BCUT2D eigenvalue weighted by Crippen LogP contribution is -1.98. The zero-order valence-electron chi connectivity index (χ0n) is 9.33. The maximum Gasteiger partial charge on any atom is 0.140 e. The molecule has 3 heteroatoms. The quantitative estimate of drug-likeness (QED) is 0.746. The average molecular weight is 204 g/mol. The van der Waals surface area contributed by atoms with Crippen molar-refractivity contribution in [2.45, 2.75) is 20.4 Å². The van der Waals surface area contributed by atoms with Gasteiger partial charge in [-0.3, -0.25) is 0 Å². The highest BCUT2D eigenvalue weighted by atomic mass is 16.3. The van der Waals surface area contributed by atoms with Crippen LogP contribution in [0.4, 0.5) is 0 Å². The number of aryl methyl sites for hydroxylation is 2. The van der Waals surface area contributed by atoms with Crippen molar-refractivity contribution < 1.29 is 5.11 Å². The molecule has 0 aliphatic rings. The number of benzene rings is 1. The fourth-order valence-corrected chi connectivity index (χ4v) is 2.16. The number of phenolic OH excluding ortho intramolecular Hbond substituents is 1. The Bertz CT molecular complexity index is 526.